The summed E-state index contributed by atoms with van der Waals surface area (Å²) >= 11 is 0. The maximum Gasteiger partial charge on any atom is 0.253 e. The highest BCUT2D eigenvalue weighted by Gasteiger charge is 2.27. The molecule has 0 amide bonds. The van der Waals surface area contributed by atoms with Gasteiger partial charge in [-0.05, 0) is 37.7 Å². The van der Waals surface area contributed by atoms with Gasteiger partial charge in [-0.2, -0.15) is 9.61 Å². The Morgan fingerprint density at radius 1 is 1.14 bits per heavy atom. The lowest BCUT2D eigenvalue weighted by molar-refractivity contribution is 0.741. The fourth-order valence-electron chi connectivity index (χ4n) is 3.36. The standard InChI is InChI=1S/C17H16N4O/c22-17-13(10-3-1-2-4-10)7-12-9-18-15-8-14(11-5-6-11)20-21(15)16(12)19-17/h1-2,7-11H,3-6H2,(H,19,22). The van der Waals surface area contributed by atoms with Gasteiger partial charge in [-0.1, -0.05) is 12.2 Å². The molecule has 2 aliphatic carbocycles. The smallest absolute Gasteiger partial charge is 0.253 e. The monoisotopic (exact) mass is 292 g/mol. The molecule has 3 aromatic rings. The largest absolute Gasteiger partial charge is 0.306 e. The topological polar surface area (TPSA) is 63.0 Å². The van der Waals surface area contributed by atoms with Crippen molar-refractivity contribution in [1.29, 1.82) is 0 Å². The van der Waals surface area contributed by atoms with Gasteiger partial charge in [0.1, 0.15) is 5.65 Å². The number of rotatable bonds is 2. The summed E-state index contributed by atoms with van der Waals surface area (Å²) in [6, 6.07) is 4.01. The third kappa shape index (κ3) is 1.75. The molecular formula is C17H16N4O. The van der Waals surface area contributed by atoms with Crippen LogP contribution >= 0.6 is 0 Å². The van der Waals surface area contributed by atoms with Crippen molar-refractivity contribution < 1.29 is 0 Å². The number of pyridine rings is 1. The summed E-state index contributed by atoms with van der Waals surface area (Å²) in [4.78, 5) is 20.0. The van der Waals surface area contributed by atoms with E-state index in [-0.39, 0.29) is 5.56 Å². The van der Waals surface area contributed by atoms with E-state index in [9.17, 15) is 4.79 Å². The summed E-state index contributed by atoms with van der Waals surface area (Å²) in [6.07, 6.45) is 10.4. The lowest BCUT2D eigenvalue weighted by Crippen LogP contribution is -2.16. The molecule has 3 heterocycles. The number of nitrogens with zero attached hydrogens (tertiary/aromatic N) is 3. The van der Waals surface area contributed by atoms with Crippen LogP contribution in [0.25, 0.3) is 16.7 Å². The van der Waals surface area contributed by atoms with Crippen LogP contribution in [0, 0.1) is 0 Å². The molecule has 1 N–H and O–H groups in total. The summed E-state index contributed by atoms with van der Waals surface area (Å²) in [5, 5.41) is 5.59. The van der Waals surface area contributed by atoms with Crippen molar-refractivity contribution in [3.63, 3.8) is 0 Å². The van der Waals surface area contributed by atoms with E-state index in [1.54, 1.807) is 4.52 Å². The molecule has 0 spiro atoms. The Bertz CT molecular complexity index is 969. The first-order chi connectivity index (χ1) is 10.8. The SMILES string of the molecule is O=c1[nH]c2c(cnc3cc(C4CC4)nn32)cc1C1CC=CC1. The Kier molecular flexibility index (Phi) is 2.37. The van der Waals surface area contributed by atoms with Crippen LogP contribution in [0.15, 0.2) is 35.3 Å². The van der Waals surface area contributed by atoms with Crippen LogP contribution in [0.5, 0.6) is 0 Å². The molecule has 5 nitrogen and oxygen atoms in total. The molecule has 2 aliphatic rings. The zero-order valence-electron chi connectivity index (χ0n) is 12.1. The molecule has 0 radical (unpaired) electrons. The average Bonchev–Trinajstić information content (AvgIpc) is 3.07. The minimum Gasteiger partial charge on any atom is -0.306 e. The summed E-state index contributed by atoms with van der Waals surface area (Å²) in [5.74, 6) is 0.871. The second-order valence-electron chi connectivity index (χ2n) is 6.37. The highest BCUT2D eigenvalue weighted by atomic mass is 16.1. The molecule has 110 valence electrons. The molecule has 0 bridgehead atoms. The van der Waals surface area contributed by atoms with Gasteiger partial charge in [-0.25, -0.2) is 4.98 Å². The number of H-pyrrole nitrogens is 1. The number of fused-ring (bicyclic) bond motifs is 3. The van der Waals surface area contributed by atoms with Gasteiger partial charge in [0, 0.05) is 29.1 Å². The van der Waals surface area contributed by atoms with Crippen molar-refractivity contribution in [1.82, 2.24) is 19.6 Å². The molecule has 1 fully saturated rings. The Balaban J connectivity index is 1.73. The highest BCUT2D eigenvalue weighted by molar-refractivity contribution is 5.77. The molecule has 0 aliphatic heterocycles. The normalized spacial score (nSPS) is 18.7. The van der Waals surface area contributed by atoms with Crippen molar-refractivity contribution in [2.45, 2.75) is 37.5 Å². The van der Waals surface area contributed by atoms with Crippen LogP contribution in [-0.4, -0.2) is 19.6 Å². The van der Waals surface area contributed by atoms with E-state index in [1.165, 1.54) is 12.8 Å². The quantitative estimate of drug-likeness (QED) is 0.739. The molecular weight excluding hydrogens is 276 g/mol. The number of aromatic nitrogens is 4. The summed E-state index contributed by atoms with van der Waals surface area (Å²) in [6.45, 7) is 0. The Morgan fingerprint density at radius 3 is 2.73 bits per heavy atom. The molecule has 1 saturated carbocycles. The van der Waals surface area contributed by atoms with Gasteiger partial charge in [0.25, 0.3) is 5.56 Å². The first-order valence-corrected chi connectivity index (χ1v) is 7.86. The molecule has 3 aromatic heterocycles. The van der Waals surface area contributed by atoms with Crippen LogP contribution in [0.1, 0.15) is 48.8 Å². The number of nitrogens with one attached hydrogen (secondary N) is 1. The van der Waals surface area contributed by atoms with Crippen LogP contribution in [0.4, 0.5) is 0 Å². The second kappa shape index (κ2) is 4.29. The van der Waals surface area contributed by atoms with Crippen molar-refractivity contribution in [2.75, 3.05) is 0 Å². The van der Waals surface area contributed by atoms with E-state index in [4.69, 9.17) is 0 Å². The molecule has 5 heteroatoms. The molecule has 5 rings (SSSR count). The number of hydrogen-bond acceptors (Lipinski definition) is 3. The first-order valence-electron chi connectivity index (χ1n) is 7.86. The number of hydrogen-bond donors (Lipinski definition) is 1. The van der Waals surface area contributed by atoms with Gasteiger partial charge >= 0.3 is 0 Å². The molecule has 0 aromatic carbocycles. The van der Waals surface area contributed by atoms with Gasteiger partial charge in [-0.3, -0.25) is 4.79 Å². The van der Waals surface area contributed by atoms with Gasteiger partial charge < -0.3 is 4.98 Å². The predicted octanol–water partition coefficient (Wildman–Crippen LogP) is 2.88. The lowest BCUT2D eigenvalue weighted by Gasteiger charge is -2.09. The third-order valence-corrected chi connectivity index (χ3v) is 4.78. The van der Waals surface area contributed by atoms with E-state index < -0.39 is 0 Å². The van der Waals surface area contributed by atoms with Crippen LogP contribution in [-0.2, 0) is 0 Å². The fraction of sp³-hybridized carbons (Fsp3) is 0.353. The van der Waals surface area contributed by atoms with Gasteiger partial charge in [0.2, 0.25) is 0 Å². The average molecular weight is 292 g/mol. The van der Waals surface area contributed by atoms with Crippen LogP contribution in [0.3, 0.4) is 0 Å². The van der Waals surface area contributed by atoms with E-state index in [1.807, 2.05) is 18.3 Å². The van der Waals surface area contributed by atoms with Crippen molar-refractivity contribution >= 4 is 16.7 Å². The maximum atomic E-state index is 12.5. The molecule has 22 heavy (non-hydrogen) atoms. The molecule has 0 saturated heterocycles. The predicted molar refractivity (Wildman–Crippen MR) is 84.2 cm³/mol. The Labute approximate surface area is 126 Å². The minimum atomic E-state index is -0.00262. The number of aromatic amines is 1. The lowest BCUT2D eigenvalue weighted by atomic mass is 9.98. The zero-order chi connectivity index (χ0) is 14.7. The number of allylic oxidation sites excluding steroid dienone is 2. The van der Waals surface area contributed by atoms with Crippen LogP contribution < -0.4 is 5.56 Å². The van der Waals surface area contributed by atoms with E-state index in [2.05, 4.69) is 27.2 Å². The molecule has 0 atom stereocenters. The Morgan fingerprint density at radius 2 is 1.95 bits per heavy atom. The summed E-state index contributed by atoms with van der Waals surface area (Å²) in [7, 11) is 0. The minimum absolute atomic E-state index is 0.00262. The summed E-state index contributed by atoms with van der Waals surface area (Å²) in [5.41, 5.74) is 3.49. The van der Waals surface area contributed by atoms with Crippen LogP contribution in [0.2, 0.25) is 0 Å². The maximum absolute atomic E-state index is 12.5. The zero-order valence-corrected chi connectivity index (χ0v) is 12.1. The Hall–Kier alpha value is -2.43. The van der Waals surface area contributed by atoms with Crippen molar-refractivity contribution in [3.05, 3.63) is 52.1 Å². The van der Waals surface area contributed by atoms with Gasteiger partial charge in [0.05, 0.1) is 5.69 Å². The molecule has 0 unspecified atom stereocenters. The van der Waals surface area contributed by atoms with E-state index >= 15 is 0 Å². The summed E-state index contributed by atoms with van der Waals surface area (Å²) < 4.78 is 1.78. The van der Waals surface area contributed by atoms with Crippen molar-refractivity contribution in [2.24, 2.45) is 0 Å². The highest BCUT2D eigenvalue weighted by Crippen LogP contribution is 2.39. The third-order valence-electron chi connectivity index (χ3n) is 4.78. The van der Waals surface area contributed by atoms with E-state index in [0.717, 1.165) is 40.8 Å². The van der Waals surface area contributed by atoms with Gasteiger partial charge in [-0.15, -0.1) is 0 Å². The first kappa shape index (κ1) is 12.1. The van der Waals surface area contributed by atoms with E-state index in [0.29, 0.717) is 11.8 Å². The van der Waals surface area contributed by atoms with Crippen molar-refractivity contribution in [3.8, 4) is 0 Å². The fourth-order valence-corrected chi connectivity index (χ4v) is 3.36. The van der Waals surface area contributed by atoms with Gasteiger partial charge in [0.15, 0.2) is 5.65 Å². The second-order valence-corrected chi connectivity index (χ2v) is 6.37.